The van der Waals surface area contributed by atoms with Crippen LogP contribution in [0.2, 0.25) is 0 Å². The topological polar surface area (TPSA) is 115 Å². The molecule has 4 aromatic rings. The number of carbonyl (C=O) groups excluding carboxylic acids is 2. The number of nitrogens with zero attached hydrogens (tertiary/aromatic N) is 4. The minimum absolute atomic E-state index is 0.0371. The summed E-state index contributed by atoms with van der Waals surface area (Å²) >= 11 is 0. The Morgan fingerprint density at radius 2 is 1.79 bits per heavy atom. The number of amides is 2. The number of carbonyl (C=O) groups is 2. The van der Waals surface area contributed by atoms with Gasteiger partial charge < -0.3 is 25.2 Å². The standard InChI is InChI=1S/C31H33F2N7O3/c1-39-16-12-20(13-17-39)35-29-27-26(11-14-34-28(27)37-38-29)43-25-10-7-21(18-24(25)33)36-30(41)23-4-2-3-15-40(31(23)42)22-8-5-19(32)6-9-22/h5-11,14,18,20,23H,2-4,12-13,15-17H2,1H3,(H,36,41)(H2,34,35,37,38). The first-order chi connectivity index (χ1) is 20.9. The lowest BCUT2D eigenvalue weighted by Gasteiger charge is -2.29. The second-order valence-corrected chi connectivity index (χ2v) is 11.1. The van der Waals surface area contributed by atoms with Crippen LogP contribution in [-0.2, 0) is 9.59 Å². The Hall–Kier alpha value is -4.58. The van der Waals surface area contributed by atoms with Crippen molar-refractivity contribution in [2.75, 3.05) is 42.2 Å². The van der Waals surface area contributed by atoms with Crippen LogP contribution in [0.4, 0.5) is 26.0 Å². The highest BCUT2D eigenvalue weighted by Crippen LogP contribution is 2.35. The van der Waals surface area contributed by atoms with E-state index in [-0.39, 0.29) is 23.4 Å². The number of nitrogens with one attached hydrogen (secondary N) is 3. The first kappa shape index (κ1) is 28.5. The van der Waals surface area contributed by atoms with Crippen LogP contribution in [0.3, 0.4) is 0 Å². The van der Waals surface area contributed by atoms with Gasteiger partial charge in [-0.1, -0.05) is 6.42 Å². The quantitative estimate of drug-likeness (QED) is 0.251. The number of H-pyrrole nitrogens is 1. The van der Waals surface area contributed by atoms with Crippen LogP contribution < -0.4 is 20.3 Å². The molecule has 2 fully saturated rings. The summed E-state index contributed by atoms with van der Waals surface area (Å²) in [6.45, 7) is 2.40. The summed E-state index contributed by atoms with van der Waals surface area (Å²) in [6.07, 6.45) is 5.25. The average molecular weight is 590 g/mol. The van der Waals surface area contributed by atoms with Crippen LogP contribution in [0.15, 0.2) is 54.7 Å². The number of aromatic amines is 1. The summed E-state index contributed by atoms with van der Waals surface area (Å²) in [5.41, 5.74) is 1.25. The molecule has 6 rings (SSSR count). The Labute approximate surface area is 247 Å². The van der Waals surface area contributed by atoms with E-state index in [1.54, 1.807) is 12.3 Å². The second kappa shape index (κ2) is 12.3. The number of halogens is 2. The Balaban J connectivity index is 1.16. The van der Waals surface area contributed by atoms with E-state index in [0.717, 1.165) is 32.0 Å². The maximum absolute atomic E-state index is 15.3. The SMILES string of the molecule is CN1CCC(Nc2n[nH]c3nccc(Oc4ccc(NC(=O)C5CCCCN(c6ccc(F)cc6)C5=O)cc4F)c23)CC1. The molecule has 2 aliphatic rings. The van der Waals surface area contributed by atoms with Crippen molar-refractivity contribution in [2.24, 2.45) is 5.92 Å². The zero-order chi connectivity index (χ0) is 29.9. The highest BCUT2D eigenvalue weighted by Gasteiger charge is 2.33. The van der Waals surface area contributed by atoms with E-state index in [9.17, 15) is 14.0 Å². The lowest BCUT2D eigenvalue weighted by atomic mass is 10.0. The van der Waals surface area contributed by atoms with Crippen LogP contribution in [0.25, 0.3) is 11.0 Å². The predicted molar refractivity (Wildman–Crippen MR) is 159 cm³/mol. The van der Waals surface area contributed by atoms with Crippen molar-refractivity contribution in [2.45, 2.75) is 38.1 Å². The van der Waals surface area contributed by atoms with Gasteiger partial charge in [0.1, 0.15) is 22.9 Å². The van der Waals surface area contributed by atoms with Gasteiger partial charge in [-0.05, 0) is 82.2 Å². The average Bonchev–Trinajstić information content (AvgIpc) is 3.31. The fourth-order valence-corrected chi connectivity index (χ4v) is 5.63. The van der Waals surface area contributed by atoms with Gasteiger partial charge in [0.25, 0.3) is 0 Å². The molecular weight excluding hydrogens is 556 g/mol. The maximum atomic E-state index is 15.3. The summed E-state index contributed by atoms with van der Waals surface area (Å²) in [5, 5.41) is 14.1. The van der Waals surface area contributed by atoms with E-state index in [0.29, 0.717) is 54.1 Å². The number of rotatable bonds is 7. The normalized spacial score (nSPS) is 18.4. The molecule has 10 nitrogen and oxygen atoms in total. The van der Waals surface area contributed by atoms with E-state index in [4.69, 9.17) is 4.74 Å². The number of benzene rings is 2. The predicted octanol–water partition coefficient (Wildman–Crippen LogP) is 5.31. The summed E-state index contributed by atoms with van der Waals surface area (Å²) < 4.78 is 34.7. The summed E-state index contributed by atoms with van der Waals surface area (Å²) in [6, 6.07) is 11.6. The third-order valence-corrected chi connectivity index (χ3v) is 8.05. The molecule has 224 valence electrons. The number of pyridine rings is 1. The number of likely N-dealkylation sites (tertiary alicyclic amines) is 1. The fourth-order valence-electron chi connectivity index (χ4n) is 5.63. The van der Waals surface area contributed by atoms with Crippen molar-refractivity contribution >= 4 is 40.0 Å². The number of ether oxygens (including phenoxy) is 1. The highest BCUT2D eigenvalue weighted by molar-refractivity contribution is 6.11. The molecule has 2 amide bonds. The monoisotopic (exact) mass is 589 g/mol. The maximum Gasteiger partial charge on any atom is 0.239 e. The molecule has 3 N–H and O–H groups in total. The molecule has 1 atom stereocenters. The van der Waals surface area contributed by atoms with Crippen LogP contribution in [-0.4, -0.2) is 64.6 Å². The molecule has 0 bridgehead atoms. The van der Waals surface area contributed by atoms with Crippen molar-refractivity contribution in [3.63, 3.8) is 0 Å². The fraction of sp³-hybridized carbons (Fsp3) is 0.355. The van der Waals surface area contributed by atoms with Crippen LogP contribution in [0, 0.1) is 17.6 Å². The molecule has 2 saturated heterocycles. The summed E-state index contributed by atoms with van der Waals surface area (Å²) in [4.78, 5) is 34.6. The van der Waals surface area contributed by atoms with Crippen LogP contribution in [0.1, 0.15) is 32.1 Å². The first-order valence-electron chi connectivity index (χ1n) is 14.5. The van der Waals surface area contributed by atoms with Crippen LogP contribution in [0.5, 0.6) is 11.5 Å². The van der Waals surface area contributed by atoms with Gasteiger partial charge in [-0.3, -0.25) is 14.7 Å². The minimum atomic E-state index is -0.951. The molecule has 0 spiro atoms. The van der Waals surface area contributed by atoms with Gasteiger partial charge in [0.2, 0.25) is 11.8 Å². The lowest BCUT2D eigenvalue weighted by Crippen LogP contribution is -2.40. The largest absolute Gasteiger partial charge is 0.453 e. The van der Waals surface area contributed by atoms with Crippen molar-refractivity contribution in [1.29, 1.82) is 0 Å². The van der Waals surface area contributed by atoms with E-state index in [1.807, 2.05) is 0 Å². The number of fused-ring (bicyclic) bond motifs is 1. The van der Waals surface area contributed by atoms with Gasteiger partial charge in [0.15, 0.2) is 23.0 Å². The zero-order valence-electron chi connectivity index (χ0n) is 23.8. The third kappa shape index (κ3) is 6.29. The van der Waals surface area contributed by atoms with Crippen molar-refractivity contribution in [1.82, 2.24) is 20.1 Å². The Bertz CT molecular complexity index is 1620. The van der Waals surface area contributed by atoms with Gasteiger partial charge in [-0.15, -0.1) is 0 Å². The van der Waals surface area contributed by atoms with Crippen molar-refractivity contribution in [3.05, 3.63) is 66.4 Å². The number of aromatic nitrogens is 3. The van der Waals surface area contributed by atoms with E-state index in [2.05, 4.69) is 37.8 Å². The molecule has 43 heavy (non-hydrogen) atoms. The van der Waals surface area contributed by atoms with E-state index in [1.165, 1.54) is 41.3 Å². The number of piperidine rings is 1. The van der Waals surface area contributed by atoms with Gasteiger partial charge in [0, 0.05) is 42.3 Å². The van der Waals surface area contributed by atoms with Gasteiger partial charge in [0.05, 0.1) is 0 Å². The second-order valence-electron chi connectivity index (χ2n) is 11.1. The van der Waals surface area contributed by atoms with Gasteiger partial charge in [-0.25, -0.2) is 13.8 Å². The molecule has 0 radical (unpaired) electrons. The molecule has 4 heterocycles. The molecule has 2 aromatic heterocycles. The smallest absolute Gasteiger partial charge is 0.239 e. The van der Waals surface area contributed by atoms with Crippen molar-refractivity contribution in [3.8, 4) is 11.5 Å². The highest BCUT2D eigenvalue weighted by atomic mass is 19.1. The number of hydrogen-bond donors (Lipinski definition) is 3. The Morgan fingerprint density at radius 1 is 1.00 bits per heavy atom. The van der Waals surface area contributed by atoms with Crippen molar-refractivity contribution < 1.29 is 23.1 Å². The summed E-state index contributed by atoms with van der Waals surface area (Å²) in [7, 11) is 2.10. The minimum Gasteiger partial charge on any atom is -0.453 e. The Kier molecular flexibility index (Phi) is 8.19. The van der Waals surface area contributed by atoms with Gasteiger partial charge >= 0.3 is 0 Å². The molecular formula is C31H33F2N7O3. The zero-order valence-corrected chi connectivity index (χ0v) is 23.8. The molecule has 0 aliphatic carbocycles. The lowest BCUT2D eigenvalue weighted by molar-refractivity contribution is -0.130. The van der Waals surface area contributed by atoms with Crippen LogP contribution >= 0.6 is 0 Å². The molecule has 12 heteroatoms. The third-order valence-electron chi connectivity index (χ3n) is 8.05. The molecule has 2 aliphatic heterocycles. The summed E-state index contributed by atoms with van der Waals surface area (Å²) in [5.74, 6) is -1.99. The number of anilines is 3. The molecule has 0 saturated carbocycles. The molecule has 1 unspecified atom stereocenters. The van der Waals surface area contributed by atoms with E-state index < -0.39 is 23.5 Å². The first-order valence-corrected chi connectivity index (χ1v) is 14.5. The number of hydrogen-bond acceptors (Lipinski definition) is 7. The van der Waals surface area contributed by atoms with Gasteiger partial charge in [-0.2, -0.15) is 5.10 Å². The molecule has 2 aromatic carbocycles. The van der Waals surface area contributed by atoms with E-state index >= 15 is 4.39 Å². The Morgan fingerprint density at radius 3 is 2.56 bits per heavy atom.